The largest absolute Gasteiger partial charge is 0.379 e. The molecule has 1 heterocycles. The molecule has 0 saturated carbocycles. The summed E-state index contributed by atoms with van der Waals surface area (Å²) in [5.74, 6) is 1.21. The summed E-state index contributed by atoms with van der Waals surface area (Å²) in [6.07, 6.45) is 2.22. The van der Waals surface area contributed by atoms with Gasteiger partial charge >= 0.3 is 6.03 Å². The molecule has 1 saturated heterocycles. The van der Waals surface area contributed by atoms with Crippen LogP contribution in [0.1, 0.15) is 20.3 Å². The van der Waals surface area contributed by atoms with Gasteiger partial charge in [-0.15, -0.1) is 0 Å². The van der Waals surface area contributed by atoms with E-state index in [0.717, 1.165) is 19.5 Å². The van der Waals surface area contributed by atoms with E-state index in [-0.39, 0.29) is 18.4 Å². The van der Waals surface area contributed by atoms with Crippen molar-refractivity contribution < 1.29 is 17.9 Å². The topological polar surface area (TPSA) is 75.7 Å². The van der Waals surface area contributed by atoms with Crippen LogP contribution >= 0.6 is 0 Å². The van der Waals surface area contributed by atoms with E-state index in [9.17, 15) is 13.2 Å². The maximum Gasteiger partial charge on any atom is 0.317 e. The Hall–Kier alpha value is -0.820. The number of nitrogens with zero attached hydrogens (tertiary/aromatic N) is 1. The lowest BCUT2D eigenvalue weighted by Gasteiger charge is -2.35. The van der Waals surface area contributed by atoms with Crippen molar-refractivity contribution in [2.24, 2.45) is 11.8 Å². The lowest BCUT2D eigenvalue weighted by Crippen LogP contribution is -2.47. The second kappa shape index (κ2) is 7.83. The second-order valence-electron chi connectivity index (χ2n) is 5.66. The molecule has 0 aliphatic carbocycles. The van der Waals surface area contributed by atoms with Crippen molar-refractivity contribution in [1.82, 2.24) is 10.2 Å². The molecule has 1 N–H and O–H groups in total. The number of likely N-dealkylation sites (tertiary alicyclic amines) is 1. The monoisotopic (exact) mass is 306 g/mol. The Kier molecular flexibility index (Phi) is 6.75. The highest BCUT2D eigenvalue weighted by Gasteiger charge is 2.25. The third-order valence-electron chi connectivity index (χ3n) is 3.74. The number of nitrogens with one attached hydrogen (secondary N) is 1. The number of rotatable bonds is 6. The Morgan fingerprint density at radius 1 is 1.30 bits per heavy atom. The fourth-order valence-electron chi connectivity index (χ4n) is 2.10. The fraction of sp³-hybridized carbons (Fsp3) is 0.923. The van der Waals surface area contributed by atoms with Crippen molar-refractivity contribution in [1.29, 1.82) is 0 Å². The summed E-state index contributed by atoms with van der Waals surface area (Å²) >= 11 is 0. The van der Waals surface area contributed by atoms with Gasteiger partial charge in [-0.2, -0.15) is 0 Å². The zero-order chi connectivity index (χ0) is 15.2. The van der Waals surface area contributed by atoms with Gasteiger partial charge in [0.25, 0.3) is 0 Å². The lowest BCUT2D eigenvalue weighted by molar-refractivity contribution is 0.131. The van der Waals surface area contributed by atoms with Gasteiger partial charge in [0.1, 0.15) is 9.84 Å². The van der Waals surface area contributed by atoms with Crippen LogP contribution in [0.15, 0.2) is 0 Å². The van der Waals surface area contributed by atoms with Crippen LogP contribution in [0.3, 0.4) is 0 Å². The zero-order valence-corrected chi connectivity index (χ0v) is 13.4. The van der Waals surface area contributed by atoms with E-state index in [0.29, 0.717) is 25.0 Å². The first-order valence-corrected chi connectivity index (χ1v) is 9.14. The molecule has 0 aromatic heterocycles. The molecule has 0 spiro atoms. The van der Waals surface area contributed by atoms with Crippen molar-refractivity contribution in [3.05, 3.63) is 0 Å². The van der Waals surface area contributed by atoms with Gasteiger partial charge in [0.05, 0.1) is 19.0 Å². The molecule has 0 unspecified atom stereocenters. The number of carbonyl (C=O) groups is 1. The summed E-state index contributed by atoms with van der Waals surface area (Å²) in [5, 5.41) is 2.80. The molecule has 2 amide bonds. The Bertz CT molecular complexity index is 411. The first-order valence-electron chi connectivity index (χ1n) is 7.08. The predicted molar refractivity (Wildman–Crippen MR) is 78.4 cm³/mol. The van der Waals surface area contributed by atoms with Crippen LogP contribution in [0.25, 0.3) is 0 Å². The number of ether oxygens (including phenoxy) is 1. The van der Waals surface area contributed by atoms with E-state index in [4.69, 9.17) is 4.74 Å². The highest BCUT2D eigenvalue weighted by molar-refractivity contribution is 7.90. The quantitative estimate of drug-likeness (QED) is 0.734. The van der Waals surface area contributed by atoms with Crippen LogP contribution in [-0.4, -0.2) is 64.2 Å². The minimum absolute atomic E-state index is 0.0163. The van der Waals surface area contributed by atoms with Gasteiger partial charge in [0, 0.05) is 25.9 Å². The van der Waals surface area contributed by atoms with Gasteiger partial charge < -0.3 is 15.0 Å². The molecular formula is C13H26N2O4S. The maximum absolute atomic E-state index is 11.9. The van der Waals surface area contributed by atoms with Gasteiger partial charge in [-0.1, -0.05) is 13.8 Å². The number of sulfone groups is 1. The Labute approximate surface area is 121 Å². The highest BCUT2D eigenvalue weighted by atomic mass is 32.2. The number of urea groups is 1. The SMILES string of the molecule is C[C@@H]1CCN(C(=O)NCCOCCS(C)(=O)=O)C[C@H]1C. The van der Waals surface area contributed by atoms with E-state index in [1.165, 1.54) is 6.26 Å². The van der Waals surface area contributed by atoms with Crippen LogP contribution in [0, 0.1) is 11.8 Å². The number of amides is 2. The molecule has 0 radical (unpaired) electrons. The molecule has 0 aromatic rings. The first-order chi connectivity index (χ1) is 9.29. The smallest absolute Gasteiger partial charge is 0.317 e. The lowest BCUT2D eigenvalue weighted by atomic mass is 9.89. The normalized spacial score (nSPS) is 23.6. The van der Waals surface area contributed by atoms with Crippen LogP contribution in [0.2, 0.25) is 0 Å². The minimum Gasteiger partial charge on any atom is -0.379 e. The number of hydrogen-bond donors (Lipinski definition) is 1. The average molecular weight is 306 g/mol. The minimum atomic E-state index is -2.98. The first kappa shape index (κ1) is 17.2. The molecule has 20 heavy (non-hydrogen) atoms. The molecule has 0 bridgehead atoms. The third-order valence-corrected chi connectivity index (χ3v) is 4.65. The fourth-order valence-corrected chi connectivity index (χ4v) is 2.52. The van der Waals surface area contributed by atoms with Gasteiger partial charge in [0.2, 0.25) is 0 Å². The van der Waals surface area contributed by atoms with Crippen molar-refractivity contribution in [3.8, 4) is 0 Å². The molecule has 1 rings (SSSR count). The van der Waals surface area contributed by atoms with Crippen molar-refractivity contribution in [3.63, 3.8) is 0 Å². The van der Waals surface area contributed by atoms with E-state index in [1.54, 1.807) is 0 Å². The second-order valence-corrected chi connectivity index (χ2v) is 7.92. The summed E-state index contributed by atoms with van der Waals surface area (Å²) in [4.78, 5) is 13.7. The average Bonchev–Trinajstić information content (AvgIpc) is 2.35. The molecule has 1 aliphatic heterocycles. The molecule has 0 aromatic carbocycles. The van der Waals surface area contributed by atoms with Gasteiger partial charge in [-0.05, 0) is 18.3 Å². The summed E-state index contributed by atoms with van der Waals surface area (Å²) in [7, 11) is -2.98. The van der Waals surface area contributed by atoms with E-state index >= 15 is 0 Å². The van der Waals surface area contributed by atoms with E-state index < -0.39 is 9.84 Å². The molecule has 1 fully saturated rings. The van der Waals surface area contributed by atoms with Crippen LogP contribution in [0.5, 0.6) is 0 Å². The summed E-state index contributed by atoms with van der Waals surface area (Å²) < 4.78 is 26.9. The number of piperidine rings is 1. The highest BCUT2D eigenvalue weighted by Crippen LogP contribution is 2.22. The molecule has 118 valence electrons. The standard InChI is InChI=1S/C13H26N2O4S/c1-11-4-6-15(10-12(11)2)13(16)14-5-7-19-8-9-20(3,17)18/h11-12H,4-10H2,1-3H3,(H,14,16)/t11-,12-/m1/s1. The Morgan fingerprint density at radius 3 is 2.60 bits per heavy atom. The Morgan fingerprint density at radius 2 is 2.00 bits per heavy atom. The third kappa shape index (κ3) is 6.56. The van der Waals surface area contributed by atoms with Gasteiger partial charge in [-0.3, -0.25) is 0 Å². The summed E-state index contributed by atoms with van der Waals surface area (Å²) in [6, 6.07) is -0.0598. The predicted octanol–water partition coefficient (Wildman–Crippen LogP) is 0.735. The molecule has 1 aliphatic rings. The molecule has 2 atom stereocenters. The zero-order valence-electron chi connectivity index (χ0n) is 12.6. The van der Waals surface area contributed by atoms with Crippen LogP contribution in [-0.2, 0) is 14.6 Å². The number of carbonyl (C=O) groups excluding carboxylic acids is 1. The summed E-state index contributed by atoms with van der Waals surface area (Å²) in [5.41, 5.74) is 0. The van der Waals surface area contributed by atoms with Crippen molar-refractivity contribution in [2.45, 2.75) is 20.3 Å². The molecule has 7 heteroatoms. The van der Waals surface area contributed by atoms with Crippen LogP contribution in [0.4, 0.5) is 4.79 Å². The number of hydrogen-bond acceptors (Lipinski definition) is 4. The van der Waals surface area contributed by atoms with Crippen LogP contribution < -0.4 is 5.32 Å². The Balaban J connectivity index is 2.11. The molecular weight excluding hydrogens is 280 g/mol. The van der Waals surface area contributed by atoms with E-state index in [1.807, 2.05) is 4.90 Å². The van der Waals surface area contributed by atoms with Gasteiger partial charge in [-0.25, -0.2) is 13.2 Å². The maximum atomic E-state index is 11.9. The molecule has 6 nitrogen and oxygen atoms in total. The van der Waals surface area contributed by atoms with Crippen molar-refractivity contribution in [2.75, 3.05) is 44.9 Å². The summed E-state index contributed by atoms with van der Waals surface area (Å²) in [6.45, 7) is 6.89. The van der Waals surface area contributed by atoms with Gasteiger partial charge in [0.15, 0.2) is 0 Å². The van der Waals surface area contributed by atoms with E-state index in [2.05, 4.69) is 19.2 Å². The van der Waals surface area contributed by atoms with Crippen molar-refractivity contribution >= 4 is 15.9 Å².